The summed E-state index contributed by atoms with van der Waals surface area (Å²) in [6, 6.07) is 0. The zero-order valence-electron chi connectivity index (χ0n) is 6.39. The van der Waals surface area contributed by atoms with Gasteiger partial charge < -0.3 is 10.7 Å². The van der Waals surface area contributed by atoms with Crippen molar-refractivity contribution in [3.63, 3.8) is 0 Å². The third kappa shape index (κ3) is 2.10. The quantitative estimate of drug-likeness (QED) is 0.660. The van der Waals surface area contributed by atoms with Crippen molar-refractivity contribution >= 4 is 30.6 Å². The smallest absolute Gasteiger partial charge is 0.175 e. The van der Waals surface area contributed by atoms with Gasteiger partial charge in [-0.05, 0) is 0 Å². The van der Waals surface area contributed by atoms with E-state index < -0.39 is 0 Å². The van der Waals surface area contributed by atoms with Crippen LogP contribution < -0.4 is 5.73 Å². The number of rotatable bonds is 1. The fourth-order valence-corrected chi connectivity index (χ4v) is 0.820. The van der Waals surface area contributed by atoms with Crippen LogP contribution in [0.2, 0.25) is 0 Å². The first-order chi connectivity index (χ1) is 5.38. The molecule has 0 aliphatic heterocycles. The summed E-state index contributed by atoms with van der Waals surface area (Å²) in [6.45, 7) is 0. The summed E-state index contributed by atoms with van der Waals surface area (Å²) in [5.41, 5.74) is 6.17. The van der Waals surface area contributed by atoms with Crippen molar-refractivity contribution in [2.24, 2.45) is 0 Å². The maximum atomic E-state index is 5.50. The number of anilines is 1. The fraction of sp³-hybridized carbons (Fsp3) is 0. The summed E-state index contributed by atoms with van der Waals surface area (Å²) in [7, 11) is 0. The molecule has 0 aliphatic rings. The van der Waals surface area contributed by atoms with Gasteiger partial charge in [0.1, 0.15) is 12.0 Å². The van der Waals surface area contributed by atoms with E-state index >= 15 is 0 Å². The van der Waals surface area contributed by atoms with Crippen molar-refractivity contribution in [1.82, 2.24) is 25.1 Å². The van der Waals surface area contributed by atoms with Crippen LogP contribution in [0.5, 0.6) is 0 Å². The second-order valence-corrected chi connectivity index (χ2v) is 2.00. The van der Waals surface area contributed by atoms with Crippen LogP contribution in [-0.4, -0.2) is 25.1 Å². The molecule has 0 aromatic carbocycles. The van der Waals surface area contributed by atoms with E-state index in [1.807, 2.05) is 0 Å². The molecule has 0 unspecified atom stereocenters. The van der Waals surface area contributed by atoms with E-state index in [9.17, 15) is 0 Å². The van der Waals surface area contributed by atoms with Crippen LogP contribution in [-0.2, 0) is 0 Å². The highest BCUT2D eigenvalue weighted by Crippen LogP contribution is 2.15. The molecular formula is C5H8Cl2N6. The van der Waals surface area contributed by atoms with E-state index in [0.717, 1.165) is 0 Å². The molecular weight excluding hydrogens is 215 g/mol. The highest BCUT2D eigenvalue weighted by Gasteiger charge is 2.05. The number of aromatic amines is 2. The molecule has 0 radical (unpaired) electrons. The van der Waals surface area contributed by atoms with Crippen molar-refractivity contribution in [1.29, 1.82) is 0 Å². The lowest BCUT2D eigenvalue weighted by Crippen LogP contribution is -1.89. The minimum absolute atomic E-state index is 0. The average molecular weight is 223 g/mol. The summed E-state index contributed by atoms with van der Waals surface area (Å²) in [5.74, 6) is 1.02. The number of halogens is 2. The fourth-order valence-electron chi connectivity index (χ4n) is 0.820. The van der Waals surface area contributed by atoms with E-state index in [-0.39, 0.29) is 24.8 Å². The minimum Gasteiger partial charge on any atom is -0.382 e. The number of hydrogen-bond donors (Lipinski definition) is 3. The summed E-state index contributed by atoms with van der Waals surface area (Å²) in [4.78, 5) is 10.5. The predicted octanol–water partition coefficient (Wildman–Crippen LogP) is 0.621. The molecule has 0 amide bonds. The lowest BCUT2D eigenvalue weighted by atomic mass is 10.4. The van der Waals surface area contributed by atoms with Gasteiger partial charge in [-0.1, -0.05) is 0 Å². The molecule has 13 heavy (non-hydrogen) atoms. The van der Waals surface area contributed by atoms with Crippen LogP contribution in [0.15, 0.2) is 12.7 Å². The molecule has 6 nitrogen and oxygen atoms in total. The molecule has 2 aromatic rings. The molecule has 0 fully saturated rings. The van der Waals surface area contributed by atoms with Crippen molar-refractivity contribution in [3.05, 3.63) is 12.7 Å². The molecule has 0 spiro atoms. The summed E-state index contributed by atoms with van der Waals surface area (Å²) in [5, 5.41) is 6.35. The van der Waals surface area contributed by atoms with Crippen molar-refractivity contribution in [2.45, 2.75) is 0 Å². The molecule has 8 heteroatoms. The Hall–Kier alpha value is -1.27. The van der Waals surface area contributed by atoms with E-state index in [2.05, 4.69) is 25.1 Å². The van der Waals surface area contributed by atoms with Gasteiger partial charge in [0.05, 0.1) is 6.33 Å². The molecule has 72 valence electrons. The van der Waals surface area contributed by atoms with E-state index in [1.54, 1.807) is 0 Å². The van der Waals surface area contributed by atoms with E-state index in [4.69, 9.17) is 5.73 Å². The number of nitrogen functional groups attached to an aromatic ring is 1. The Morgan fingerprint density at radius 2 is 2.00 bits per heavy atom. The lowest BCUT2D eigenvalue weighted by molar-refractivity contribution is 1.09. The molecule has 0 saturated heterocycles. The van der Waals surface area contributed by atoms with Crippen molar-refractivity contribution < 1.29 is 0 Å². The Morgan fingerprint density at radius 3 is 2.46 bits per heavy atom. The van der Waals surface area contributed by atoms with Gasteiger partial charge in [-0.2, -0.15) is 5.10 Å². The van der Waals surface area contributed by atoms with Gasteiger partial charge in [0.15, 0.2) is 11.6 Å². The van der Waals surface area contributed by atoms with Gasteiger partial charge in [-0.15, -0.1) is 24.8 Å². The van der Waals surface area contributed by atoms with Crippen LogP contribution >= 0.6 is 24.8 Å². The van der Waals surface area contributed by atoms with Gasteiger partial charge >= 0.3 is 0 Å². The second kappa shape index (κ2) is 4.68. The predicted molar refractivity (Wildman–Crippen MR) is 52.9 cm³/mol. The first kappa shape index (κ1) is 11.7. The minimum atomic E-state index is 0. The highest BCUT2D eigenvalue weighted by atomic mass is 35.5. The lowest BCUT2D eigenvalue weighted by Gasteiger charge is -1.89. The first-order valence-corrected chi connectivity index (χ1v) is 3.02. The number of imidazole rings is 1. The van der Waals surface area contributed by atoms with Gasteiger partial charge in [0.25, 0.3) is 0 Å². The first-order valence-electron chi connectivity index (χ1n) is 3.02. The van der Waals surface area contributed by atoms with Crippen molar-refractivity contribution in [3.8, 4) is 11.5 Å². The van der Waals surface area contributed by atoms with Gasteiger partial charge in [-0.3, -0.25) is 5.10 Å². The number of nitrogens with zero attached hydrogens (tertiary/aromatic N) is 3. The summed E-state index contributed by atoms with van der Waals surface area (Å²) < 4.78 is 0. The molecule has 2 aromatic heterocycles. The number of H-pyrrole nitrogens is 2. The Kier molecular flexibility index (Phi) is 4.22. The Bertz CT molecular complexity index is 342. The molecule has 0 saturated carbocycles. The van der Waals surface area contributed by atoms with Crippen LogP contribution in [0, 0.1) is 0 Å². The zero-order valence-corrected chi connectivity index (χ0v) is 8.02. The molecule has 0 bridgehead atoms. The normalized spacial score (nSPS) is 8.62. The Balaban J connectivity index is 0.000000720. The van der Waals surface area contributed by atoms with Gasteiger partial charge in [0, 0.05) is 0 Å². The molecule has 0 atom stereocenters. The van der Waals surface area contributed by atoms with E-state index in [1.165, 1.54) is 12.7 Å². The molecule has 0 aliphatic carbocycles. The third-order valence-corrected chi connectivity index (χ3v) is 1.32. The monoisotopic (exact) mass is 222 g/mol. The maximum Gasteiger partial charge on any atom is 0.175 e. The second-order valence-electron chi connectivity index (χ2n) is 2.00. The number of aromatic nitrogens is 5. The molecule has 2 heterocycles. The number of nitrogens with two attached hydrogens (primary N) is 1. The SMILES string of the molecule is Cl.Cl.Nc1nc[nH]c1-c1ncn[nH]1. The van der Waals surface area contributed by atoms with Crippen LogP contribution in [0.4, 0.5) is 5.82 Å². The topological polar surface area (TPSA) is 96.3 Å². The Morgan fingerprint density at radius 1 is 1.23 bits per heavy atom. The third-order valence-electron chi connectivity index (χ3n) is 1.32. The van der Waals surface area contributed by atoms with Gasteiger partial charge in [0.2, 0.25) is 0 Å². The number of nitrogens with one attached hydrogen (secondary N) is 2. The largest absolute Gasteiger partial charge is 0.382 e. The summed E-state index contributed by atoms with van der Waals surface area (Å²) >= 11 is 0. The zero-order chi connectivity index (χ0) is 7.68. The highest BCUT2D eigenvalue weighted by molar-refractivity contribution is 5.85. The van der Waals surface area contributed by atoms with Crippen LogP contribution in [0.1, 0.15) is 0 Å². The van der Waals surface area contributed by atoms with E-state index in [0.29, 0.717) is 17.3 Å². The molecule has 2 rings (SSSR count). The van der Waals surface area contributed by atoms with Crippen LogP contribution in [0.3, 0.4) is 0 Å². The molecule has 4 N–H and O–H groups in total. The average Bonchev–Trinajstić information content (AvgIpc) is 2.55. The summed E-state index contributed by atoms with van der Waals surface area (Å²) in [6.07, 6.45) is 2.92. The maximum absolute atomic E-state index is 5.50. The van der Waals surface area contributed by atoms with Crippen LogP contribution in [0.25, 0.3) is 11.5 Å². The number of hydrogen-bond acceptors (Lipinski definition) is 4. The van der Waals surface area contributed by atoms with Crippen molar-refractivity contribution in [2.75, 3.05) is 5.73 Å². The standard InChI is InChI=1S/C5H6N6.2ClH/c6-4-3(7-1-8-4)5-9-2-10-11-5;;/h1-2H,6H2,(H,7,8)(H,9,10,11);2*1H. The Labute approximate surface area is 86.2 Å². The van der Waals surface area contributed by atoms with Gasteiger partial charge in [-0.25, -0.2) is 9.97 Å².